The molecule has 21 heavy (non-hydrogen) atoms. The first-order chi connectivity index (χ1) is 7.02. The summed E-state index contributed by atoms with van der Waals surface area (Å²) in [5.74, 6) is 0. The van der Waals surface area contributed by atoms with Crippen LogP contribution in [0.2, 0.25) is 0 Å². The summed E-state index contributed by atoms with van der Waals surface area (Å²) in [6, 6.07) is 0. The number of ether oxygens (including phenoxy) is 3. The molecule has 0 fully saturated rings. The molecule has 0 aromatic rings. The monoisotopic (exact) mass is 314 g/mol. The zero-order valence-electron chi connectivity index (χ0n) is 11.0. The van der Waals surface area contributed by atoms with Gasteiger partial charge in [-0.15, -0.1) is 0 Å². The van der Waals surface area contributed by atoms with Gasteiger partial charge in [-0.2, -0.15) is 0 Å². The highest BCUT2D eigenvalue weighted by atomic mass is 16.6. The molecule has 0 saturated heterocycles. The topological polar surface area (TPSA) is 27.7 Å². The lowest BCUT2D eigenvalue weighted by Gasteiger charge is -2.39. The van der Waals surface area contributed by atoms with Crippen LogP contribution < -0.4 is 0 Å². The third kappa shape index (κ3) is 13.3. The van der Waals surface area contributed by atoms with Gasteiger partial charge in [0.25, 0.3) is 0 Å². The predicted molar refractivity (Wildman–Crippen MR) is 103 cm³/mol. The van der Waals surface area contributed by atoms with Crippen LogP contribution in [0.1, 0.15) is 86.1 Å². The smallest absolute Gasteiger partial charge is 0.117 e. The largest absolute Gasteiger partial charge is 0.376 e. The SMILES string of the molecule is C.C.C.C.C.C.CCOC(C)C(C)(OCC)C(C)OCC. The van der Waals surface area contributed by atoms with Crippen molar-refractivity contribution in [2.75, 3.05) is 19.8 Å². The number of hydrogen-bond acceptors (Lipinski definition) is 3. The second-order valence-electron chi connectivity index (χ2n) is 3.81. The van der Waals surface area contributed by atoms with Crippen LogP contribution >= 0.6 is 0 Å². The normalized spacial score (nSPS) is 14.0. The third-order valence-electron chi connectivity index (χ3n) is 2.90. The summed E-state index contributed by atoms with van der Waals surface area (Å²) in [6.07, 6.45) is 0.0630. The standard InChI is InChI=1S/C12H26O3.6CH4/c1-7-13-10(4)12(6,15-9-3)11(5)14-8-2;;;;;;/h10-11H,7-9H2,1-6H3;6*1H4. The van der Waals surface area contributed by atoms with Crippen molar-refractivity contribution in [2.24, 2.45) is 0 Å². The average Bonchev–Trinajstić information content (AvgIpc) is 2.18. The third-order valence-corrected chi connectivity index (χ3v) is 2.90. The molecule has 3 nitrogen and oxygen atoms in total. The molecule has 0 bridgehead atoms. The van der Waals surface area contributed by atoms with Crippen molar-refractivity contribution >= 4 is 0 Å². The molecule has 140 valence electrons. The van der Waals surface area contributed by atoms with Crippen molar-refractivity contribution in [2.45, 2.75) is 104 Å². The van der Waals surface area contributed by atoms with Crippen molar-refractivity contribution < 1.29 is 14.2 Å². The van der Waals surface area contributed by atoms with Crippen LogP contribution in [0.3, 0.4) is 0 Å². The molecule has 3 heteroatoms. The fourth-order valence-electron chi connectivity index (χ4n) is 1.71. The Kier molecular flexibility index (Phi) is 45.2. The van der Waals surface area contributed by atoms with Gasteiger partial charge >= 0.3 is 0 Å². The minimum Gasteiger partial charge on any atom is -0.376 e. The second-order valence-corrected chi connectivity index (χ2v) is 3.81. The van der Waals surface area contributed by atoms with Gasteiger partial charge in [0.05, 0.1) is 12.2 Å². The summed E-state index contributed by atoms with van der Waals surface area (Å²) in [7, 11) is 0. The Balaban J connectivity index is -0.0000000653. The molecule has 2 unspecified atom stereocenters. The Bertz CT molecular complexity index is 149. The molecule has 0 radical (unpaired) electrons. The molecule has 0 heterocycles. The molecule has 0 aliphatic heterocycles. The molecule has 0 saturated carbocycles. The van der Waals surface area contributed by atoms with Crippen LogP contribution in [0.25, 0.3) is 0 Å². The van der Waals surface area contributed by atoms with Crippen molar-refractivity contribution in [3.05, 3.63) is 0 Å². The maximum atomic E-state index is 5.81. The fourth-order valence-corrected chi connectivity index (χ4v) is 1.71. The van der Waals surface area contributed by atoms with E-state index < -0.39 is 0 Å². The minimum absolute atomic E-state index is 0. The summed E-state index contributed by atoms with van der Waals surface area (Å²) in [4.78, 5) is 0. The van der Waals surface area contributed by atoms with Gasteiger partial charge in [0, 0.05) is 19.8 Å². The van der Waals surface area contributed by atoms with E-state index in [-0.39, 0.29) is 62.4 Å². The van der Waals surface area contributed by atoms with Crippen molar-refractivity contribution in [1.82, 2.24) is 0 Å². The van der Waals surface area contributed by atoms with Gasteiger partial charge in [0.1, 0.15) is 5.60 Å². The van der Waals surface area contributed by atoms with Crippen LogP contribution in [-0.4, -0.2) is 37.6 Å². The maximum Gasteiger partial charge on any atom is 0.117 e. The Morgan fingerprint density at radius 2 is 0.952 bits per heavy atom. The second kappa shape index (κ2) is 22.2. The number of hydrogen-bond donors (Lipinski definition) is 0. The molecule has 0 amide bonds. The molecule has 0 spiro atoms. The van der Waals surface area contributed by atoms with E-state index in [2.05, 4.69) is 6.92 Å². The molecule has 2 atom stereocenters. The first-order valence-corrected chi connectivity index (χ1v) is 5.89. The van der Waals surface area contributed by atoms with Crippen LogP contribution in [-0.2, 0) is 14.2 Å². The highest BCUT2D eigenvalue weighted by molar-refractivity contribution is 4.88. The lowest BCUT2D eigenvalue weighted by Crippen LogP contribution is -2.51. The Morgan fingerprint density at radius 3 is 1.14 bits per heavy atom. The Hall–Kier alpha value is -0.120. The highest BCUT2D eigenvalue weighted by Gasteiger charge is 2.38. The van der Waals surface area contributed by atoms with Gasteiger partial charge < -0.3 is 14.2 Å². The van der Waals surface area contributed by atoms with Gasteiger partial charge in [0.15, 0.2) is 0 Å². The van der Waals surface area contributed by atoms with Crippen LogP contribution in [0.15, 0.2) is 0 Å². The van der Waals surface area contributed by atoms with Crippen molar-refractivity contribution in [3.63, 3.8) is 0 Å². The quantitative estimate of drug-likeness (QED) is 0.515. The van der Waals surface area contributed by atoms with Gasteiger partial charge in [-0.1, -0.05) is 44.6 Å². The molecule has 0 aromatic heterocycles. The molecule has 0 aromatic carbocycles. The van der Waals surface area contributed by atoms with E-state index in [1.54, 1.807) is 0 Å². The summed E-state index contributed by atoms with van der Waals surface area (Å²) >= 11 is 0. The lowest BCUT2D eigenvalue weighted by atomic mass is 9.93. The molecule has 0 aliphatic carbocycles. The van der Waals surface area contributed by atoms with E-state index in [1.165, 1.54) is 0 Å². The predicted octanol–water partition coefficient (Wildman–Crippen LogP) is 6.45. The van der Waals surface area contributed by atoms with Crippen molar-refractivity contribution in [3.8, 4) is 0 Å². The Morgan fingerprint density at radius 1 is 0.667 bits per heavy atom. The molecular weight excluding hydrogens is 264 g/mol. The van der Waals surface area contributed by atoms with E-state index in [1.807, 2.05) is 34.6 Å². The highest BCUT2D eigenvalue weighted by Crippen LogP contribution is 2.25. The van der Waals surface area contributed by atoms with Gasteiger partial charge in [0.2, 0.25) is 0 Å². The molecular formula is C18H50O3. The zero-order valence-corrected chi connectivity index (χ0v) is 11.0. The average molecular weight is 315 g/mol. The van der Waals surface area contributed by atoms with Crippen LogP contribution in [0.4, 0.5) is 0 Å². The van der Waals surface area contributed by atoms with Crippen LogP contribution in [0.5, 0.6) is 0 Å². The molecule has 0 rings (SSSR count). The first-order valence-electron chi connectivity index (χ1n) is 5.89. The summed E-state index contributed by atoms with van der Waals surface area (Å²) in [5, 5.41) is 0. The lowest BCUT2D eigenvalue weighted by molar-refractivity contribution is -0.186. The van der Waals surface area contributed by atoms with E-state index in [0.29, 0.717) is 19.8 Å². The first kappa shape index (κ1) is 42.8. The summed E-state index contributed by atoms with van der Waals surface area (Å²) in [5.41, 5.74) is -0.374. The number of rotatable bonds is 8. The van der Waals surface area contributed by atoms with E-state index in [4.69, 9.17) is 14.2 Å². The summed E-state index contributed by atoms with van der Waals surface area (Å²) in [6.45, 7) is 14.2. The minimum atomic E-state index is -0.374. The van der Waals surface area contributed by atoms with E-state index in [9.17, 15) is 0 Å². The van der Waals surface area contributed by atoms with E-state index >= 15 is 0 Å². The van der Waals surface area contributed by atoms with E-state index in [0.717, 1.165) is 0 Å². The van der Waals surface area contributed by atoms with Crippen molar-refractivity contribution in [1.29, 1.82) is 0 Å². The zero-order chi connectivity index (χ0) is 11.9. The van der Waals surface area contributed by atoms with Gasteiger partial charge in [-0.25, -0.2) is 0 Å². The maximum absolute atomic E-state index is 5.81. The fraction of sp³-hybridized carbons (Fsp3) is 1.00. The Labute approximate surface area is 138 Å². The van der Waals surface area contributed by atoms with Crippen LogP contribution in [0, 0.1) is 0 Å². The van der Waals surface area contributed by atoms with Gasteiger partial charge in [-0.3, -0.25) is 0 Å². The molecule has 0 N–H and O–H groups in total. The molecule has 0 aliphatic rings. The van der Waals surface area contributed by atoms with Gasteiger partial charge in [-0.05, 0) is 41.5 Å². The summed E-state index contributed by atoms with van der Waals surface area (Å²) < 4.78 is 17.1.